The molecule has 4 nitrogen and oxygen atoms in total. The summed E-state index contributed by atoms with van der Waals surface area (Å²) in [5.74, 6) is -0.377. The van der Waals surface area contributed by atoms with Gasteiger partial charge >= 0.3 is 6.18 Å². The summed E-state index contributed by atoms with van der Waals surface area (Å²) in [7, 11) is 1.24. The van der Waals surface area contributed by atoms with Crippen molar-refractivity contribution < 1.29 is 27.2 Å². The maximum Gasteiger partial charge on any atom is 0.398 e. The molecule has 180 valence electrons. The Morgan fingerprint density at radius 3 is 2.36 bits per heavy atom. The number of oxime groups is 1. The number of amides is 1. The van der Waals surface area contributed by atoms with Crippen molar-refractivity contribution in [1.82, 2.24) is 5.32 Å². The van der Waals surface area contributed by atoms with E-state index in [0.717, 1.165) is 13.0 Å². The normalized spacial score (nSPS) is 21.0. The Morgan fingerprint density at radius 2 is 1.91 bits per heavy atom. The van der Waals surface area contributed by atoms with Gasteiger partial charge in [0.25, 0.3) is 5.91 Å². The van der Waals surface area contributed by atoms with Crippen LogP contribution < -0.4 is 5.32 Å². The molecule has 1 aromatic rings. The van der Waals surface area contributed by atoms with E-state index >= 15 is 0 Å². The Labute approximate surface area is 196 Å². The first-order valence-electron chi connectivity index (χ1n) is 10.2. The van der Waals surface area contributed by atoms with Crippen molar-refractivity contribution in [2.75, 3.05) is 7.11 Å². The number of nitrogens with zero attached hydrogens (tertiary/aromatic N) is 1. The van der Waals surface area contributed by atoms with Gasteiger partial charge in [0.15, 0.2) is 0 Å². The first kappa shape index (κ1) is 26.6. The molecule has 0 fully saturated rings. The number of rotatable bonds is 7. The van der Waals surface area contributed by atoms with Gasteiger partial charge in [0.05, 0.1) is 16.2 Å². The Morgan fingerprint density at radius 1 is 1.33 bits per heavy atom. The van der Waals surface area contributed by atoms with Gasteiger partial charge in [-0.3, -0.25) is 4.79 Å². The molecule has 1 aromatic carbocycles. The number of benzene rings is 1. The van der Waals surface area contributed by atoms with Crippen LogP contribution in [0.25, 0.3) is 0 Å². The summed E-state index contributed by atoms with van der Waals surface area (Å²) in [6, 6.07) is 3.16. The highest BCUT2D eigenvalue weighted by Gasteiger charge is 2.54. The number of allylic oxidation sites excluding steroid dienone is 4. The molecule has 0 bridgehead atoms. The van der Waals surface area contributed by atoms with Crippen molar-refractivity contribution in [2.24, 2.45) is 10.6 Å². The molecule has 1 aliphatic rings. The largest absolute Gasteiger partial charge is 0.399 e. The summed E-state index contributed by atoms with van der Waals surface area (Å²) in [6.07, 6.45) is -2.03. The molecule has 0 radical (unpaired) electrons. The van der Waals surface area contributed by atoms with E-state index < -0.39 is 23.7 Å². The lowest BCUT2D eigenvalue weighted by Crippen LogP contribution is -2.40. The van der Waals surface area contributed by atoms with Crippen LogP contribution >= 0.6 is 11.6 Å². The average molecular weight is 487 g/mol. The third-order valence-electron chi connectivity index (χ3n) is 5.80. The summed E-state index contributed by atoms with van der Waals surface area (Å²) < 4.78 is 57.5. The SMILES string of the molecule is C=CNC(=O)c1c(C)cc(/C(CC(C)(C2=CCC(C)(F)C(Cl)=C2)C(F)(F)F)=N/OC)cc1C. The van der Waals surface area contributed by atoms with Crippen molar-refractivity contribution >= 4 is 23.2 Å². The fourth-order valence-electron chi connectivity index (χ4n) is 3.78. The Balaban J connectivity index is 2.57. The average Bonchev–Trinajstić information content (AvgIpc) is 2.68. The smallest absolute Gasteiger partial charge is 0.398 e. The third kappa shape index (κ3) is 5.49. The van der Waals surface area contributed by atoms with E-state index in [0.29, 0.717) is 22.3 Å². The van der Waals surface area contributed by atoms with Crippen LogP contribution in [-0.2, 0) is 4.84 Å². The van der Waals surface area contributed by atoms with E-state index in [4.69, 9.17) is 16.4 Å². The number of nitrogens with one attached hydrogen (secondary N) is 1. The van der Waals surface area contributed by atoms with E-state index in [1.54, 1.807) is 26.0 Å². The molecule has 1 N–H and O–H groups in total. The molecule has 2 atom stereocenters. The standard InChI is InChI=1S/C24H27ClF4N2O2/c1-7-30-21(32)20-14(2)10-16(11-15(20)3)18(31-33-6)13-22(4,24(27,28)29)17-8-9-23(5,26)19(25)12-17/h7-8,10-12H,1,9,13H2,2-6H3,(H,30,32)/b31-18+. The maximum atomic E-state index is 14.4. The number of alkyl halides is 4. The number of hydrogen-bond acceptors (Lipinski definition) is 3. The van der Waals surface area contributed by atoms with Crippen LogP contribution in [0.1, 0.15) is 53.7 Å². The molecule has 2 unspecified atom stereocenters. The monoisotopic (exact) mass is 486 g/mol. The number of aryl methyl sites for hydroxylation is 2. The molecule has 1 aliphatic carbocycles. The van der Waals surface area contributed by atoms with E-state index in [2.05, 4.69) is 17.1 Å². The van der Waals surface area contributed by atoms with Gasteiger partial charge in [-0.25, -0.2) is 4.39 Å². The summed E-state index contributed by atoms with van der Waals surface area (Å²) in [5.41, 5.74) is -2.59. The number of carbonyl (C=O) groups excluding carboxylic acids is 1. The molecular weight excluding hydrogens is 460 g/mol. The van der Waals surface area contributed by atoms with Gasteiger partial charge in [-0.2, -0.15) is 13.2 Å². The lowest BCUT2D eigenvalue weighted by molar-refractivity contribution is -0.200. The molecule has 9 heteroatoms. The fraction of sp³-hybridized carbons (Fsp3) is 0.417. The second-order valence-corrected chi connectivity index (χ2v) is 8.85. The van der Waals surface area contributed by atoms with Gasteiger partial charge in [-0.15, -0.1) is 0 Å². The maximum absolute atomic E-state index is 14.4. The minimum atomic E-state index is -4.70. The molecule has 0 aromatic heterocycles. The zero-order chi connectivity index (χ0) is 25.2. The summed E-state index contributed by atoms with van der Waals surface area (Å²) >= 11 is 5.97. The lowest BCUT2D eigenvalue weighted by Gasteiger charge is -2.36. The van der Waals surface area contributed by atoms with Crippen LogP contribution in [0.4, 0.5) is 17.6 Å². The minimum absolute atomic E-state index is 0.0261. The second-order valence-electron chi connectivity index (χ2n) is 8.44. The van der Waals surface area contributed by atoms with Gasteiger partial charge in [0, 0.05) is 18.4 Å². The number of hydrogen-bond donors (Lipinski definition) is 1. The van der Waals surface area contributed by atoms with Crippen LogP contribution in [0.2, 0.25) is 0 Å². The highest BCUT2D eigenvalue weighted by Crippen LogP contribution is 2.51. The van der Waals surface area contributed by atoms with Crippen LogP contribution in [0.3, 0.4) is 0 Å². The molecule has 1 amide bonds. The first-order chi connectivity index (χ1) is 15.2. The van der Waals surface area contributed by atoms with Gasteiger partial charge in [0.2, 0.25) is 0 Å². The van der Waals surface area contributed by atoms with E-state index in [1.807, 2.05) is 0 Å². The fourth-order valence-corrected chi connectivity index (χ4v) is 3.98. The topological polar surface area (TPSA) is 50.7 Å². The molecular formula is C24H27ClF4N2O2. The van der Waals surface area contributed by atoms with Crippen LogP contribution in [0, 0.1) is 19.3 Å². The van der Waals surface area contributed by atoms with Crippen molar-refractivity contribution in [2.45, 2.75) is 52.4 Å². The lowest BCUT2D eigenvalue weighted by atomic mass is 9.73. The molecule has 0 heterocycles. The second kappa shape index (κ2) is 9.71. The summed E-state index contributed by atoms with van der Waals surface area (Å²) in [5, 5.41) is 6.08. The van der Waals surface area contributed by atoms with Crippen molar-refractivity contribution in [3.8, 4) is 0 Å². The molecule has 0 aliphatic heterocycles. The highest BCUT2D eigenvalue weighted by molar-refractivity contribution is 6.31. The van der Waals surface area contributed by atoms with Crippen molar-refractivity contribution in [3.63, 3.8) is 0 Å². The summed E-state index contributed by atoms with van der Waals surface area (Å²) in [6.45, 7) is 9.06. The predicted octanol–water partition coefficient (Wildman–Crippen LogP) is 6.67. The zero-order valence-corrected chi connectivity index (χ0v) is 19.9. The molecule has 0 saturated carbocycles. The molecule has 2 rings (SSSR count). The Bertz CT molecular complexity index is 1020. The third-order valence-corrected chi connectivity index (χ3v) is 6.30. The van der Waals surface area contributed by atoms with E-state index in [9.17, 15) is 22.4 Å². The summed E-state index contributed by atoms with van der Waals surface area (Å²) in [4.78, 5) is 17.2. The van der Waals surface area contributed by atoms with Gasteiger partial charge in [0.1, 0.15) is 12.8 Å². The zero-order valence-electron chi connectivity index (χ0n) is 19.2. The highest BCUT2D eigenvalue weighted by atomic mass is 35.5. The van der Waals surface area contributed by atoms with Gasteiger partial charge in [-0.1, -0.05) is 29.4 Å². The van der Waals surface area contributed by atoms with Crippen LogP contribution in [-0.4, -0.2) is 30.6 Å². The van der Waals surface area contributed by atoms with Gasteiger partial charge < -0.3 is 10.2 Å². The first-order valence-corrected chi connectivity index (χ1v) is 10.5. The van der Waals surface area contributed by atoms with Crippen LogP contribution in [0.15, 0.2) is 52.8 Å². The number of carbonyl (C=O) groups is 1. The molecule has 0 spiro atoms. The van der Waals surface area contributed by atoms with E-state index in [-0.39, 0.29) is 28.6 Å². The predicted molar refractivity (Wildman–Crippen MR) is 122 cm³/mol. The van der Waals surface area contributed by atoms with Crippen LogP contribution in [0.5, 0.6) is 0 Å². The van der Waals surface area contributed by atoms with Crippen molar-refractivity contribution in [1.29, 1.82) is 0 Å². The van der Waals surface area contributed by atoms with Gasteiger partial charge in [-0.05, 0) is 74.4 Å². The molecule has 0 saturated heterocycles. The Hall–Kier alpha value is -2.61. The molecule has 33 heavy (non-hydrogen) atoms. The quantitative estimate of drug-likeness (QED) is 0.266. The minimum Gasteiger partial charge on any atom is -0.399 e. The Kier molecular flexibility index (Phi) is 7.84. The van der Waals surface area contributed by atoms with E-state index in [1.165, 1.54) is 26.3 Å². The number of halogens is 5. The van der Waals surface area contributed by atoms with Crippen molar-refractivity contribution in [3.05, 3.63) is 69.9 Å².